The molecule has 2 amide bonds. The predicted octanol–water partition coefficient (Wildman–Crippen LogP) is 2.95. The van der Waals surface area contributed by atoms with Gasteiger partial charge < -0.3 is 15.1 Å². The summed E-state index contributed by atoms with van der Waals surface area (Å²) in [7, 11) is -3.48. The third-order valence-corrected chi connectivity index (χ3v) is 8.71. The third kappa shape index (κ3) is 4.93. The van der Waals surface area contributed by atoms with E-state index in [4.69, 9.17) is 0 Å². The Labute approximate surface area is 181 Å². The van der Waals surface area contributed by atoms with Gasteiger partial charge in [0.05, 0.1) is 12.2 Å². The van der Waals surface area contributed by atoms with Crippen molar-refractivity contribution in [2.45, 2.75) is 24.6 Å². The summed E-state index contributed by atoms with van der Waals surface area (Å²) >= 11 is 1.17. The van der Waals surface area contributed by atoms with Crippen LogP contribution in [0.3, 0.4) is 0 Å². The molecule has 0 aliphatic carbocycles. The standard InChI is InChI=1S/C20H27FN4O3S2/c1-3-25(4-2)30(27,28)19-10-9-16(29-19)15-22-20(26)24-13-11-23(12-14-24)18-8-6-5-7-17(18)21/h5-10H,3-4,11-15H2,1-2H3,(H,22,26). The summed E-state index contributed by atoms with van der Waals surface area (Å²) in [6, 6.07) is 9.75. The highest BCUT2D eigenvalue weighted by Gasteiger charge is 2.25. The van der Waals surface area contributed by atoms with Gasteiger partial charge in [0.25, 0.3) is 10.0 Å². The number of benzene rings is 1. The van der Waals surface area contributed by atoms with Crippen molar-refractivity contribution in [3.05, 3.63) is 47.1 Å². The van der Waals surface area contributed by atoms with Crippen LogP contribution in [-0.2, 0) is 16.6 Å². The summed E-state index contributed by atoms with van der Waals surface area (Å²) < 4.78 is 40.8. The number of sulfonamides is 1. The number of hydrogen-bond donors (Lipinski definition) is 1. The molecule has 7 nitrogen and oxygen atoms in total. The first kappa shape index (κ1) is 22.5. The molecule has 2 heterocycles. The summed E-state index contributed by atoms with van der Waals surface area (Å²) in [6.07, 6.45) is 0. The molecular weight excluding hydrogens is 427 g/mol. The molecule has 1 saturated heterocycles. The van der Waals surface area contributed by atoms with Gasteiger partial charge in [-0.15, -0.1) is 11.3 Å². The molecule has 2 aromatic rings. The van der Waals surface area contributed by atoms with Gasteiger partial charge in [0.2, 0.25) is 0 Å². The summed E-state index contributed by atoms with van der Waals surface area (Å²) in [6.45, 7) is 6.81. The van der Waals surface area contributed by atoms with E-state index in [2.05, 4.69) is 5.32 Å². The van der Waals surface area contributed by atoms with Gasteiger partial charge in [0.1, 0.15) is 10.0 Å². The van der Waals surface area contributed by atoms with Crippen molar-refractivity contribution < 1.29 is 17.6 Å². The quantitative estimate of drug-likeness (QED) is 0.698. The van der Waals surface area contributed by atoms with Crippen LogP contribution in [0.5, 0.6) is 0 Å². The van der Waals surface area contributed by atoms with E-state index in [0.717, 1.165) is 4.88 Å². The number of thiophene rings is 1. The molecule has 1 N–H and O–H groups in total. The average molecular weight is 455 g/mol. The Morgan fingerprint density at radius 1 is 1.10 bits per heavy atom. The van der Waals surface area contributed by atoms with Gasteiger partial charge in [-0.3, -0.25) is 0 Å². The van der Waals surface area contributed by atoms with Crippen LogP contribution in [0.15, 0.2) is 40.6 Å². The SMILES string of the molecule is CCN(CC)S(=O)(=O)c1ccc(CNC(=O)N2CCN(c3ccccc3F)CC2)s1. The van der Waals surface area contributed by atoms with Crippen LogP contribution < -0.4 is 10.2 Å². The number of piperazine rings is 1. The van der Waals surface area contributed by atoms with Crippen molar-refractivity contribution in [2.24, 2.45) is 0 Å². The first-order chi connectivity index (χ1) is 14.4. The predicted molar refractivity (Wildman–Crippen MR) is 117 cm³/mol. The van der Waals surface area contributed by atoms with Crippen molar-refractivity contribution in [2.75, 3.05) is 44.2 Å². The molecular formula is C20H27FN4O3S2. The van der Waals surface area contributed by atoms with E-state index in [1.165, 1.54) is 21.7 Å². The average Bonchev–Trinajstić information content (AvgIpc) is 3.23. The lowest BCUT2D eigenvalue weighted by Gasteiger charge is -2.36. The van der Waals surface area contributed by atoms with Crippen LogP contribution in [-0.4, -0.2) is 62.9 Å². The van der Waals surface area contributed by atoms with Crippen LogP contribution in [0.25, 0.3) is 0 Å². The lowest BCUT2D eigenvalue weighted by atomic mass is 10.2. The highest BCUT2D eigenvalue weighted by Crippen LogP contribution is 2.25. The fourth-order valence-corrected chi connectivity index (χ4v) is 6.32. The second-order valence-corrected chi connectivity index (χ2v) is 10.2. The molecule has 1 fully saturated rings. The zero-order valence-electron chi connectivity index (χ0n) is 17.2. The minimum Gasteiger partial charge on any atom is -0.366 e. The van der Waals surface area contributed by atoms with Gasteiger partial charge in [-0.1, -0.05) is 26.0 Å². The van der Waals surface area contributed by atoms with Crippen molar-refractivity contribution in [3.8, 4) is 0 Å². The van der Waals surface area contributed by atoms with E-state index in [-0.39, 0.29) is 22.6 Å². The topological polar surface area (TPSA) is 73.0 Å². The van der Waals surface area contributed by atoms with Crippen molar-refractivity contribution in [3.63, 3.8) is 0 Å². The molecule has 1 aliphatic rings. The second-order valence-electron chi connectivity index (χ2n) is 6.89. The Kier molecular flexibility index (Phi) is 7.32. The van der Waals surface area contributed by atoms with Crippen molar-refractivity contribution >= 4 is 33.1 Å². The molecule has 1 aromatic carbocycles. The maximum absolute atomic E-state index is 13.9. The molecule has 1 aliphatic heterocycles. The van der Waals surface area contributed by atoms with Gasteiger partial charge in [0.15, 0.2) is 0 Å². The molecule has 0 saturated carbocycles. The van der Waals surface area contributed by atoms with E-state index in [1.54, 1.807) is 35.2 Å². The van der Waals surface area contributed by atoms with Crippen molar-refractivity contribution in [1.82, 2.24) is 14.5 Å². The molecule has 3 rings (SSSR count). The third-order valence-electron chi connectivity index (χ3n) is 5.11. The lowest BCUT2D eigenvalue weighted by Crippen LogP contribution is -2.51. The number of hydrogen-bond acceptors (Lipinski definition) is 5. The van der Waals surface area contributed by atoms with Gasteiger partial charge in [0, 0.05) is 44.1 Å². The highest BCUT2D eigenvalue weighted by atomic mass is 32.2. The summed E-state index contributed by atoms with van der Waals surface area (Å²) in [5, 5.41) is 2.85. The first-order valence-electron chi connectivity index (χ1n) is 9.98. The lowest BCUT2D eigenvalue weighted by molar-refractivity contribution is 0.194. The number of amides is 2. The highest BCUT2D eigenvalue weighted by molar-refractivity contribution is 7.91. The number of nitrogens with one attached hydrogen (secondary N) is 1. The minimum absolute atomic E-state index is 0.204. The zero-order valence-corrected chi connectivity index (χ0v) is 18.8. The Bertz CT molecular complexity index is 968. The summed E-state index contributed by atoms with van der Waals surface area (Å²) in [5.74, 6) is -0.261. The molecule has 0 unspecified atom stereocenters. The smallest absolute Gasteiger partial charge is 0.317 e. The zero-order chi connectivity index (χ0) is 21.7. The summed E-state index contributed by atoms with van der Waals surface area (Å²) in [5.41, 5.74) is 0.554. The van der Waals surface area contributed by atoms with E-state index >= 15 is 0 Å². The number of carbonyl (C=O) groups is 1. The van der Waals surface area contributed by atoms with Gasteiger partial charge in [-0.25, -0.2) is 17.6 Å². The van der Waals surface area contributed by atoms with E-state index in [9.17, 15) is 17.6 Å². The van der Waals surface area contributed by atoms with Gasteiger partial charge in [-0.05, 0) is 24.3 Å². The fourth-order valence-electron chi connectivity index (χ4n) is 3.42. The van der Waals surface area contributed by atoms with Crippen LogP contribution in [0.1, 0.15) is 18.7 Å². The van der Waals surface area contributed by atoms with Crippen LogP contribution >= 0.6 is 11.3 Å². The maximum Gasteiger partial charge on any atom is 0.317 e. The van der Waals surface area contributed by atoms with Crippen LogP contribution in [0.4, 0.5) is 14.9 Å². The molecule has 164 valence electrons. The Morgan fingerprint density at radius 3 is 2.40 bits per heavy atom. The maximum atomic E-state index is 13.9. The Morgan fingerprint density at radius 2 is 1.77 bits per heavy atom. The number of para-hydroxylation sites is 1. The monoisotopic (exact) mass is 454 g/mol. The summed E-state index contributed by atoms with van der Waals surface area (Å²) in [4.78, 5) is 16.9. The van der Waals surface area contributed by atoms with Crippen LogP contribution in [0, 0.1) is 5.82 Å². The number of nitrogens with zero attached hydrogens (tertiary/aromatic N) is 3. The van der Waals surface area contributed by atoms with E-state index in [1.807, 2.05) is 18.7 Å². The van der Waals surface area contributed by atoms with Gasteiger partial charge >= 0.3 is 6.03 Å². The molecule has 30 heavy (non-hydrogen) atoms. The Hall–Kier alpha value is -2.17. The number of anilines is 1. The number of carbonyl (C=O) groups excluding carboxylic acids is 1. The molecule has 0 atom stereocenters. The molecule has 0 bridgehead atoms. The normalized spacial score (nSPS) is 14.9. The first-order valence-corrected chi connectivity index (χ1v) is 12.2. The molecule has 10 heteroatoms. The van der Waals surface area contributed by atoms with Crippen molar-refractivity contribution in [1.29, 1.82) is 0 Å². The number of rotatable bonds is 7. The second kappa shape index (κ2) is 9.76. The van der Waals surface area contributed by atoms with Crippen LogP contribution in [0.2, 0.25) is 0 Å². The molecule has 1 aromatic heterocycles. The minimum atomic E-state index is -3.48. The largest absolute Gasteiger partial charge is 0.366 e. The van der Waals surface area contributed by atoms with E-state index in [0.29, 0.717) is 45.0 Å². The fraction of sp³-hybridized carbons (Fsp3) is 0.450. The van der Waals surface area contributed by atoms with Gasteiger partial charge in [-0.2, -0.15) is 4.31 Å². The molecule has 0 spiro atoms. The van der Waals surface area contributed by atoms with E-state index < -0.39 is 10.0 Å². The molecule has 0 radical (unpaired) electrons. The Balaban J connectivity index is 1.52. The number of urea groups is 1. The number of halogens is 1.